The molecule has 5 heteroatoms. The van der Waals surface area contributed by atoms with Crippen LogP contribution in [0.2, 0.25) is 0 Å². The van der Waals surface area contributed by atoms with Gasteiger partial charge in [0.25, 0.3) is 0 Å². The summed E-state index contributed by atoms with van der Waals surface area (Å²) in [7, 11) is 0. The Kier molecular flexibility index (Phi) is 6.38. The van der Waals surface area contributed by atoms with E-state index >= 15 is 0 Å². The van der Waals surface area contributed by atoms with E-state index in [-0.39, 0.29) is 0 Å². The number of carboxylic acids is 1. The molecule has 0 spiro atoms. The normalized spacial score (nSPS) is 19.7. The predicted octanol–water partition coefficient (Wildman–Crippen LogP) is 4.47. The van der Waals surface area contributed by atoms with Crippen molar-refractivity contribution in [3.63, 3.8) is 0 Å². The average Bonchev–Trinajstić information content (AvgIpc) is 3.34. The quantitative estimate of drug-likeness (QED) is 0.623. The summed E-state index contributed by atoms with van der Waals surface area (Å²) in [5.74, 6) is -0.0434. The van der Waals surface area contributed by atoms with E-state index in [1.165, 1.54) is 54.3 Å². The first-order valence-electron chi connectivity index (χ1n) is 11.3. The Morgan fingerprint density at radius 3 is 2.67 bits per heavy atom. The molecule has 2 heterocycles. The Balaban J connectivity index is 1.37. The van der Waals surface area contributed by atoms with Gasteiger partial charge < -0.3 is 5.11 Å². The fourth-order valence-electron chi connectivity index (χ4n) is 4.72. The summed E-state index contributed by atoms with van der Waals surface area (Å²) in [6.07, 6.45) is 9.80. The van der Waals surface area contributed by atoms with Crippen LogP contribution in [0.15, 0.2) is 36.4 Å². The van der Waals surface area contributed by atoms with Crippen molar-refractivity contribution in [1.29, 1.82) is 0 Å². The lowest BCUT2D eigenvalue weighted by Crippen LogP contribution is -2.26. The lowest BCUT2D eigenvalue weighted by molar-refractivity contribution is -0.131. The lowest BCUT2D eigenvalue weighted by atomic mass is 10.0. The number of aliphatic carboxylic acids is 1. The third-order valence-electron chi connectivity index (χ3n) is 6.65. The van der Waals surface area contributed by atoms with Crippen LogP contribution in [-0.4, -0.2) is 38.8 Å². The van der Waals surface area contributed by atoms with Gasteiger partial charge in [0.2, 0.25) is 0 Å². The van der Waals surface area contributed by atoms with Crippen LogP contribution in [0.25, 0.3) is 0 Å². The number of rotatable bonds is 9. The number of aromatic nitrogens is 2. The highest BCUT2D eigenvalue weighted by atomic mass is 16.4. The molecule has 1 saturated heterocycles. The number of benzene rings is 1. The van der Waals surface area contributed by atoms with Crippen LogP contribution in [0.1, 0.15) is 59.8 Å². The summed E-state index contributed by atoms with van der Waals surface area (Å²) in [4.78, 5) is 13.2. The summed E-state index contributed by atoms with van der Waals surface area (Å²) in [6, 6.07) is 9.19. The molecular formula is C25H33N3O2. The molecule has 0 bridgehead atoms. The Labute approximate surface area is 179 Å². The van der Waals surface area contributed by atoms with Crippen LogP contribution in [0.5, 0.6) is 0 Å². The molecule has 1 aromatic heterocycles. The average molecular weight is 408 g/mol. The second kappa shape index (κ2) is 9.17. The Morgan fingerprint density at radius 2 is 1.97 bits per heavy atom. The van der Waals surface area contributed by atoms with E-state index in [2.05, 4.69) is 47.7 Å². The van der Waals surface area contributed by atoms with Crippen molar-refractivity contribution in [3.8, 4) is 0 Å². The van der Waals surface area contributed by atoms with Gasteiger partial charge >= 0.3 is 5.97 Å². The maximum atomic E-state index is 10.6. The number of hydrogen-bond acceptors (Lipinski definition) is 3. The van der Waals surface area contributed by atoms with Gasteiger partial charge in [0.1, 0.15) is 0 Å². The third kappa shape index (κ3) is 5.01. The zero-order chi connectivity index (χ0) is 21.1. The van der Waals surface area contributed by atoms with Crippen molar-refractivity contribution in [1.82, 2.24) is 14.7 Å². The predicted molar refractivity (Wildman–Crippen MR) is 119 cm³/mol. The molecule has 160 valence electrons. The summed E-state index contributed by atoms with van der Waals surface area (Å²) < 4.78 is 2.24. The molecule has 0 unspecified atom stereocenters. The van der Waals surface area contributed by atoms with Crippen molar-refractivity contribution < 1.29 is 9.90 Å². The Morgan fingerprint density at radius 1 is 1.20 bits per heavy atom. The number of allylic oxidation sites excluding steroid dienone is 1. The number of aryl methyl sites for hydroxylation is 1. The van der Waals surface area contributed by atoms with E-state index in [4.69, 9.17) is 10.2 Å². The molecule has 5 nitrogen and oxygen atoms in total. The highest BCUT2D eigenvalue weighted by Gasteiger charge is 2.27. The lowest BCUT2D eigenvalue weighted by Gasteiger charge is -2.25. The second-order valence-electron chi connectivity index (χ2n) is 8.91. The van der Waals surface area contributed by atoms with Gasteiger partial charge in [0.15, 0.2) is 0 Å². The van der Waals surface area contributed by atoms with E-state index in [1.807, 2.05) is 0 Å². The number of carboxylic acid groups (broad SMARTS) is 1. The summed E-state index contributed by atoms with van der Waals surface area (Å²) in [5.41, 5.74) is 6.50. The largest absolute Gasteiger partial charge is 0.478 e. The molecule has 1 aliphatic carbocycles. The highest BCUT2D eigenvalue weighted by Crippen LogP contribution is 2.33. The molecule has 1 saturated carbocycles. The van der Waals surface area contributed by atoms with Crippen LogP contribution < -0.4 is 0 Å². The SMILES string of the molecule is Cc1nn(CC2CC2)c(C)c1CCN1CCC[C@H]1c1ccc(C/C=C/C(=O)O)cc1. The molecule has 0 radical (unpaired) electrons. The van der Waals surface area contributed by atoms with Crippen LogP contribution in [-0.2, 0) is 24.2 Å². The van der Waals surface area contributed by atoms with Gasteiger partial charge in [-0.3, -0.25) is 9.58 Å². The van der Waals surface area contributed by atoms with E-state index in [0.29, 0.717) is 12.5 Å². The first kappa shape index (κ1) is 20.9. The number of nitrogens with zero attached hydrogens (tertiary/aromatic N) is 3. The highest BCUT2D eigenvalue weighted by molar-refractivity contribution is 5.79. The monoisotopic (exact) mass is 407 g/mol. The fraction of sp³-hybridized carbons (Fsp3) is 0.520. The molecule has 1 aliphatic heterocycles. The van der Waals surface area contributed by atoms with Crippen molar-refractivity contribution in [2.24, 2.45) is 5.92 Å². The van der Waals surface area contributed by atoms with Crippen LogP contribution >= 0.6 is 0 Å². The Bertz CT molecular complexity index is 909. The molecule has 2 aromatic rings. The van der Waals surface area contributed by atoms with Gasteiger partial charge in [-0.15, -0.1) is 0 Å². The molecule has 4 rings (SSSR count). The van der Waals surface area contributed by atoms with Gasteiger partial charge in [0, 0.05) is 30.9 Å². The third-order valence-corrected chi connectivity index (χ3v) is 6.65. The minimum absolute atomic E-state index is 0.482. The van der Waals surface area contributed by atoms with Crippen molar-refractivity contribution in [3.05, 3.63) is 64.5 Å². The Hall–Kier alpha value is -2.40. The number of likely N-dealkylation sites (tertiary alicyclic amines) is 1. The van der Waals surface area contributed by atoms with Crippen molar-refractivity contribution in [2.75, 3.05) is 13.1 Å². The zero-order valence-electron chi connectivity index (χ0n) is 18.2. The van der Waals surface area contributed by atoms with Crippen LogP contribution in [0.3, 0.4) is 0 Å². The van der Waals surface area contributed by atoms with Gasteiger partial charge in [-0.25, -0.2) is 4.79 Å². The van der Waals surface area contributed by atoms with E-state index in [9.17, 15) is 4.79 Å². The number of hydrogen-bond donors (Lipinski definition) is 1. The van der Waals surface area contributed by atoms with E-state index < -0.39 is 5.97 Å². The standard InChI is InChI=1S/C25H33N3O2/c1-18-23(19(2)28(26-18)17-21-8-9-21)14-16-27-15-4-6-24(27)22-12-10-20(11-13-22)5-3-7-25(29)30/h3,7,10-13,21,24H,4-6,8-9,14-17H2,1-2H3,(H,29,30)/b7-3+/t24-/m0/s1. The molecule has 1 N–H and O–H groups in total. The summed E-state index contributed by atoms with van der Waals surface area (Å²) in [6.45, 7) is 7.71. The smallest absolute Gasteiger partial charge is 0.327 e. The molecule has 0 amide bonds. The molecule has 2 aliphatic rings. The minimum atomic E-state index is -0.892. The molecular weight excluding hydrogens is 374 g/mol. The van der Waals surface area contributed by atoms with Crippen molar-refractivity contribution >= 4 is 5.97 Å². The fourth-order valence-corrected chi connectivity index (χ4v) is 4.72. The first-order chi connectivity index (χ1) is 14.5. The van der Waals surface area contributed by atoms with Crippen molar-refractivity contribution in [2.45, 2.75) is 65.0 Å². The maximum absolute atomic E-state index is 10.6. The van der Waals surface area contributed by atoms with Gasteiger partial charge in [-0.2, -0.15) is 5.10 Å². The molecule has 2 fully saturated rings. The number of carbonyl (C=O) groups is 1. The summed E-state index contributed by atoms with van der Waals surface area (Å²) >= 11 is 0. The zero-order valence-corrected chi connectivity index (χ0v) is 18.2. The summed E-state index contributed by atoms with van der Waals surface area (Å²) in [5, 5.41) is 13.5. The van der Waals surface area contributed by atoms with Gasteiger partial charge in [0.05, 0.1) is 5.69 Å². The second-order valence-corrected chi connectivity index (χ2v) is 8.91. The maximum Gasteiger partial charge on any atom is 0.327 e. The first-order valence-corrected chi connectivity index (χ1v) is 11.3. The van der Waals surface area contributed by atoms with Crippen LogP contribution in [0, 0.1) is 19.8 Å². The topological polar surface area (TPSA) is 58.4 Å². The molecule has 30 heavy (non-hydrogen) atoms. The minimum Gasteiger partial charge on any atom is -0.478 e. The molecule has 1 aromatic carbocycles. The molecule has 1 atom stereocenters. The van der Waals surface area contributed by atoms with Gasteiger partial charge in [-0.1, -0.05) is 30.3 Å². The van der Waals surface area contributed by atoms with Crippen LogP contribution in [0.4, 0.5) is 0 Å². The van der Waals surface area contributed by atoms with Gasteiger partial charge in [-0.05, 0) is 81.5 Å². The van der Waals surface area contributed by atoms with E-state index in [1.54, 1.807) is 6.08 Å². The van der Waals surface area contributed by atoms with E-state index in [0.717, 1.165) is 37.5 Å².